The minimum absolute atomic E-state index is 0.106. The van der Waals surface area contributed by atoms with Gasteiger partial charge in [-0.3, -0.25) is 14.2 Å². The van der Waals surface area contributed by atoms with E-state index in [1.807, 2.05) is 23.5 Å². The number of nitrogens with one attached hydrogen (secondary N) is 1. The summed E-state index contributed by atoms with van der Waals surface area (Å²) in [5.41, 5.74) is 2.55. The van der Waals surface area contributed by atoms with E-state index < -0.39 is 22.2 Å². The zero-order valence-corrected chi connectivity index (χ0v) is 21.3. The first-order chi connectivity index (χ1) is 17.3. The maximum absolute atomic E-state index is 12.8. The molecular weight excluding hydrogens is 513 g/mol. The van der Waals surface area contributed by atoms with Crippen molar-refractivity contribution < 1.29 is 40.4 Å². The summed E-state index contributed by atoms with van der Waals surface area (Å²) < 4.78 is 75.2. The first-order valence-electron chi connectivity index (χ1n) is 11.5. The molecule has 0 unspecified atom stereocenters. The second kappa shape index (κ2) is 9.99. The topological polar surface area (TPSA) is 105 Å². The summed E-state index contributed by atoms with van der Waals surface area (Å²) >= 11 is 0. The van der Waals surface area contributed by atoms with Crippen LogP contribution in [0, 0.1) is 0 Å². The van der Waals surface area contributed by atoms with Crippen molar-refractivity contribution in [3.8, 4) is 11.5 Å². The predicted octanol–water partition coefficient (Wildman–Crippen LogP) is 4.54. The Bertz CT molecular complexity index is 1470. The number of carbonyl (C=O) groups is 1. The van der Waals surface area contributed by atoms with Gasteiger partial charge in [0.2, 0.25) is 0 Å². The number of anilines is 1. The molecule has 1 fully saturated rings. The molecule has 2 aliphatic heterocycles. The van der Waals surface area contributed by atoms with Crippen LogP contribution in [0.1, 0.15) is 24.0 Å². The van der Waals surface area contributed by atoms with E-state index in [0.29, 0.717) is 23.8 Å². The predicted molar refractivity (Wildman–Crippen MR) is 134 cm³/mol. The summed E-state index contributed by atoms with van der Waals surface area (Å²) in [4.78, 5) is 14.0. The first kappa shape index (κ1) is 27.0. The van der Waals surface area contributed by atoms with Gasteiger partial charge in [-0.15, -0.1) is 0 Å². The Kier molecular flexibility index (Phi) is 7.28. The molecule has 1 amide bonds. The lowest BCUT2D eigenvalue weighted by Gasteiger charge is -2.33. The van der Waals surface area contributed by atoms with Gasteiger partial charge in [0.1, 0.15) is 0 Å². The molecule has 12 heteroatoms. The second-order valence-electron chi connectivity index (χ2n) is 9.13. The van der Waals surface area contributed by atoms with Crippen molar-refractivity contribution in [1.82, 2.24) is 4.90 Å². The van der Waals surface area contributed by atoms with Gasteiger partial charge in [-0.1, -0.05) is 6.07 Å². The van der Waals surface area contributed by atoms with Crippen LogP contribution in [0.5, 0.6) is 11.5 Å². The normalized spacial score (nSPS) is 17.5. The Morgan fingerprint density at radius 2 is 1.62 bits per heavy atom. The lowest BCUT2D eigenvalue weighted by atomic mass is 9.85. The Morgan fingerprint density at radius 3 is 2.22 bits per heavy atom. The van der Waals surface area contributed by atoms with Crippen molar-refractivity contribution in [1.29, 1.82) is 0 Å². The molecule has 3 aromatic rings. The highest BCUT2D eigenvalue weighted by atomic mass is 32.2. The number of hydrogen-bond acceptors (Lipinski definition) is 6. The fourth-order valence-electron chi connectivity index (χ4n) is 5.17. The highest BCUT2D eigenvalue weighted by Crippen LogP contribution is 2.44. The van der Waals surface area contributed by atoms with Gasteiger partial charge < -0.3 is 14.8 Å². The Labute approximate surface area is 212 Å². The maximum atomic E-state index is 12.8. The number of alkyl halides is 3. The van der Waals surface area contributed by atoms with Crippen LogP contribution in [-0.2, 0) is 27.9 Å². The summed E-state index contributed by atoms with van der Waals surface area (Å²) in [5, 5.41) is 5.61. The third-order valence-electron chi connectivity index (χ3n) is 6.66. The van der Waals surface area contributed by atoms with Crippen LogP contribution >= 0.6 is 0 Å². The average molecular weight is 541 g/mol. The maximum Gasteiger partial charge on any atom is 0.471 e. The van der Waals surface area contributed by atoms with Crippen molar-refractivity contribution in [2.75, 3.05) is 32.3 Å². The number of methoxy groups -OCH3 is 2. The molecule has 1 atom stereocenters. The first-order valence-corrected chi connectivity index (χ1v) is 13.3. The number of halogens is 3. The molecule has 0 radical (unpaired) electrons. The summed E-state index contributed by atoms with van der Waals surface area (Å²) in [6.45, 7) is 1.90. The molecule has 0 spiro atoms. The molecule has 8 nitrogen and oxygen atoms in total. The summed E-state index contributed by atoms with van der Waals surface area (Å²) in [7, 11) is -0.535. The third-order valence-corrected chi connectivity index (χ3v) is 6.66. The summed E-state index contributed by atoms with van der Waals surface area (Å²) in [6, 6.07) is 9.27. The molecular formula is C25H27F3N2O6S. The highest BCUT2D eigenvalue weighted by Gasteiger charge is 2.39. The fourth-order valence-corrected chi connectivity index (χ4v) is 5.17. The highest BCUT2D eigenvalue weighted by molar-refractivity contribution is 7.85. The number of hydrogen-bond donors (Lipinski definition) is 2. The van der Waals surface area contributed by atoms with Crippen LogP contribution in [0.25, 0.3) is 21.5 Å². The molecule has 2 heterocycles. The van der Waals surface area contributed by atoms with Crippen molar-refractivity contribution in [2.24, 2.45) is 0 Å². The lowest BCUT2D eigenvalue weighted by Crippen LogP contribution is -2.35. The van der Waals surface area contributed by atoms with Crippen LogP contribution in [0.2, 0.25) is 0 Å². The van der Waals surface area contributed by atoms with Gasteiger partial charge in [0.25, 0.3) is 10.1 Å². The van der Waals surface area contributed by atoms with E-state index in [2.05, 4.69) is 4.90 Å². The van der Waals surface area contributed by atoms with Gasteiger partial charge in [-0.25, -0.2) is 0 Å². The van der Waals surface area contributed by atoms with Gasteiger partial charge in [-0.05, 0) is 82.7 Å². The molecule has 0 aromatic heterocycles. The Balaban J connectivity index is 0.000000586. The molecule has 1 saturated heterocycles. The summed E-state index contributed by atoms with van der Waals surface area (Å²) in [6.07, 6.45) is -1.03. The number of rotatable bonds is 3. The van der Waals surface area contributed by atoms with Crippen molar-refractivity contribution in [3.05, 3.63) is 41.5 Å². The molecule has 0 saturated carbocycles. The zero-order valence-electron chi connectivity index (χ0n) is 20.5. The Morgan fingerprint density at radius 1 is 1.03 bits per heavy atom. The molecule has 2 aliphatic rings. The van der Waals surface area contributed by atoms with E-state index >= 15 is 0 Å². The quantitative estimate of drug-likeness (QED) is 0.371. The summed E-state index contributed by atoms with van der Waals surface area (Å²) in [5.74, 6) is -0.840. The molecule has 0 bridgehead atoms. The average Bonchev–Trinajstić information content (AvgIpc) is 3.28. The number of carbonyl (C=O) groups excluding carboxylic acids is 1. The lowest BCUT2D eigenvalue weighted by molar-refractivity contribution is -0.167. The number of amides is 1. The van der Waals surface area contributed by atoms with Crippen molar-refractivity contribution in [2.45, 2.75) is 38.0 Å². The van der Waals surface area contributed by atoms with Crippen LogP contribution in [0.15, 0.2) is 30.3 Å². The number of benzene rings is 3. The number of nitrogens with zero attached hydrogens (tertiary/aromatic N) is 1. The fraction of sp³-hybridized carbons (Fsp3) is 0.400. The van der Waals surface area contributed by atoms with Gasteiger partial charge in [0.15, 0.2) is 11.5 Å². The van der Waals surface area contributed by atoms with Gasteiger partial charge >= 0.3 is 12.1 Å². The van der Waals surface area contributed by atoms with Crippen LogP contribution in [0.3, 0.4) is 0 Å². The van der Waals surface area contributed by atoms with E-state index in [4.69, 9.17) is 14.0 Å². The van der Waals surface area contributed by atoms with Gasteiger partial charge in [0, 0.05) is 18.3 Å². The number of ether oxygens (including phenoxy) is 2. The zero-order chi connectivity index (χ0) is 27.1. The molecule has 3 aromatic carbocycles. The van der Waals surface area contributed by atoms with E-state index in [0.717, 1.165) is 47.5 Å². The molecule has 200 valence electrons. The van der Waals surface area contributed by atoms with Crippen molar-refractivity contribution in [3.63, 3.8) is 0 Å². The third kappa shape index (κ3) is 5.76. The van der Waals surface area contributed by atoms with Crippen molar-refractivity contribution >= 4 is 43.3 Å². The van der Waals surface area contributed by atoms with Crippen LogP contribution in [-0.4, -0.2) is 63.0 Å². The van der Waals surface area contributed by atoms with E-state index in [1.165, 1.54) is 17.5 Å². The Hall–Kier alpha value is -3.09. The van der Waals surface area contributed by atoms with E-state index in [1.54, 1.807) is 26.4 Å². The van der Waals surface area contributed by atoms with Crippen LogP contribution in [0.4, 0.5) is 18.9 Å². The molecule has 5 rings (SSSR count). The number of fused-ring (bicyclic) bond motifs is 7. The van der Waals surface area contributed by atoms with E-state index in [9.17, 15) is 26.4 Å². The second-order valence-corrected chi connectivity index (χ2v) is 10.6. The van der Waals surface area contributed by atoms with Gasteiger partial charge in [-0.2, -0.15) is 21.6 Å². The molecule has 0 aliphatic carbocycles. The SMILES string of the molecule is COc1cc2c3c(c4ccc(NC(=O)C(F)(F)F)cc4c2cc1OC)C[C@@H]1CCCN1C3.CS(=O)(=O)O. The largest absolute Gasteiger partial charge is 0.493 e. The minimum Gasteiger partial charge on any atom is -0.493 e. The standard InChI is InChI=1S/C24H23F3N2O3.CH4O3S/c1-31-21-10-18-16-8-13(28-23(30)24(25,26)27)5-6-15(16)17-9-14-4-3-7-29(14)12-20(17)19(18)11-22(21)32-2;1-5(2,3)4/h5-6,8,10-11,14H,3-4,7,9,12H2,1-2H3,(H,28,30);1H3,(H,2,3,4)/t14-;/m0./s1. The monoisotopic (exact) mass is 540 g/mol. The minimum atomic E-state index is -4.95. The molecule has 2 N–H and O–H groups in total. The van der Waals surface area contributed by atoms with Gasteiger partial charge in [0.05, 0.1) is 20.5 Å². The van der Waals surface area contributed by atoms with Crippen LogP contribution < -0.4 is 14.8 Å². The molecule has 37 heavy (non-hydrogen) atoms. The van der Waals surface area contributed by atoms with E-state index in [-0.39, 0.29) is 5.69 Å². The smallest absolute Gasteiger partial charge is 0.471 e.